The third-order valence-electron chi connectivity index (χ3n) is 5.62. The van der Waals surface area contributed by atoms with E-state index in [2.05, 4.69) is 72.3 Å². The highest BCUT2D eigenvalue weighted by molar-refractivity contribution is 6.56. The maximum Gasteiger partial charge on any atom is 0.221 e. The fourth-order valence-corrected chi connectivity index (χ4v) is 4.82. The quantitative estimate of drug-likeness (QED) is 0.747. The van der Waals surface area contributed by atoms with Gasteiger partial charge in [0.05, 0.1) is 0 Å². The Balaban J connectivity index is 1.92. The number of fused-ring (bicyclic) bond motifs is 1. The number of rotatable bonds is 2. The minimum Gasteiger partial charge on any atom is -0.338 e. The molecule has 2 aliphatic heterocycles. The van der Waals surface area contributed by atoms with Gasteiger partial charge < -0.3 is 4.81 Å². The third-order valence-corrected chi connectivity index (χ3v) is 5.62. The lowest BCUT2D eigenvalue weighted by Crippen LogP contribution is -2.40. The molecule has 0 amide bonds. The zero-order chi connectivity index (χ0) is 14.3. The SMILES string of the molecule is CB1CC(c2ccccc2)(c2ccccc2)[C@H]2CCCN12. The standard InChI is InChI=1S/C19H22BN/c1-20-15-19(16-9-4-2-5-10-16,17-11-6-3-7-12-17)18-13-8-14-21(18)20/h2-7,9-12,18H,8,13-15H2,1H3/t18-/m1/s1. The molecule has 0 bridgehead atoms. The highest BCUT2D eigenvalue weighted by atomic mass is 15.2. The van der Waals surface area contributed by atoms with Gasteiger partial charge in [0.25, 0.3) is 0 Å². The lowest BCUT2D eigenvalue weighted by molar-refractivity contribution is 0.338. The van der Waals surface area contributed by atoms with Crippen molar-refractivity contribution in [3.63, 3.8) is 0 Å². The van der Waals surface area contributed by atoms with Crippen LogP contribution < -0.4 is 0 Å². The van der Waals surface area contributed by atoms with Crippen LogP contribution in [0.15, 0.2) is 60.7 Å². The molecule has 1 nitrogen and oxygen atoms in total. The van der Waals surface area contributed by atoms with E-state index >= 15 is 0 Å². The molecule has 2 aliphatic rings. The van der Waals surface area contributed by atoms with Gasteiger partial charge in [-0.1, -0.05) is 67.5 Å². The first kappa shape index (κ1) is 13.2. The molecule has 0 unspecified atom stereocenters. The van der Waals surface area contributed by atoms with Crippen molar-refractivity contribution in [2.45, 2.75) is 37.4 Å². The Bertz CT molecular complexity index is 570. The molecule has 2 fully saturated rings. The smallest absolute Gasteiger partial charge is 0.221 e. The number of benzene rings is 2. The Hall–Kier alpha value is -1.54. The highest BCUT2D eigenvalue weighted by Crippen LogP contribution is 2.51. The zero-order valence-corrected chi connectivity index (χ0v) is 12.7. The average molecular weight is 275 g/mol. The molecule has 0 aliphatic carbocycles. The first-order valence-corrected chi connectivity index (χ1v) is 8.19. The van der Waals surface area contributed by atoms with Crippen LogP contribution in [0.25, 0.3) is 0 Å². The first-order chi connectivity index (χ1) is 10.3. The number of hydrogen-bond donors (Lipinski definition) is 0. The topological polar surface area (TPSA) is 3.24 Å². The van der Waals surface area contributed by atoms with E-state index in [1.165, 1.54) is 36.8 Å². The summed E-state index contributed by atoms with van der Waals surface area (Å²) in [7, 11) is 0. The fourth-order valence-electron chi connectivity index (χ4n) is 4.82. The van der Waals surface area contributed by atoms with Gasteiger partial charge in [0.1, 0.15) is 0 Å². The van der Waals surface area contributed by atoms with Gasteiger partial charge in [0.2, 0.25) is 6.85 Å². The van der Waals surface area contributed by atoms with Crippen LogP contribution in [-0.2, 0) is 5.41 Å². The van der Waals surface area contributed by atoms with Crippen LogP contribution in [0.1, 0.15) is 24.0 Å². The monoisotopic (exact) mass is 275 g/mol. The summed E-state index contributed by atoms with van der Waals surface area (Å²) in [5, 5.41) is 0. The predicted molar refractivity (Wildman–Crippen MR) is 89.8 cm³/mol. The molecule has 0 spiro atoms. The lowest BCUT2D eigenvalue weighted by Gasteiger charge is -2.37. The summed E-state index contributed by atoms with van der Waals surface area (Å²) >= 11 is 0. The summed E-state index contributed by atoms with van der Waals surface area (Å²) in [6.07, 6.45) is 3.91. The normalized spacial score (nSPS) is 24.2. The Labute approximate surface area is 128 Å². The van der Waals surface area contributed by atoms with Gasteiger partial charge in [0.15, 0.2) is 0 Å². The predicted octanol–water partition coefficient (Wildman–Crippen LogP) is 4.07. The van der Waals surface area contributed by atoms with Crippen LogP contribution in [0.3, 0.4) is 0 Å². The lowest BCUT2D eigenvalue weighted by atomic mass is 9.54. The molecule has 0 radical (unpaired) electrons. The molecule has 0 N–H and O–H groups in total. The van der Waals surface area contributed by atoms with Crippen molar-refractivity contribution in [2.75, 3.05) is 6.54 Å². The van der Waals surface area contributed by atoms with E-state index in [-0.39, 0.29) is 5.41 Å². The second-order valence-corrected chi connectivity index (χ2v) is 6.65. The van der Waals surface area contributed by atoms with E-state index in [9.17, 15) is 0 Å². The first-order valence-electron chi connectivity index (χ1n) is 8.19. The van der Waals surface area contributed by atoms with Gasteiger partial charge in [-0.05, 0) is 36.8 Å². The van der Waals surface area contributed by atoms with Crippen molar-refractivity contribution in [1.29, 1.82) is 0 Å². The van der Waals surface area contributed by atoms with Crippen molar-refractivity contribution < 1.29 is 0 Å². The van der Waals surface area contributed by atoms with Crippen molar-refractivity contribution in [3.05, 3.63) is 71.8 Å². The van der Waals surface area contributed by atoms with Gasteiger partial charge >= 0.3 is 0 Å². The average Bonchev–Trinajstić information content (AvgIpc) is 3.13. The zero-order valence-electron chi connectivity index (χ0n) is 12.7. The summed E-state index contributed by atoms with van der Waals surface area (Å²) in [5.41, 5.74) is 3.17. The van der Waals surface area contributed by atoms with Crippen LogP contribution in [0.5, 0.6) is 0 Å². The molecule has 2 heteroatoms. The van der Waals surface area contributed by atoms with E-state index in [1.54, 1.807) is 0 Å². The van der Waals surface area contributed by atoms with E-state index in [4.69, 9.17) is 0 Å². The highest BCUT2D eigenvalue weighted by Gasteiger charge is 2.54. The summed E-state index contributed by atoms with van der Waals surface area (Å²) < 4.78 is 0. The molecule has 2 saturated heterocycles. The molecule has 2 aromatic rings. The summed E-state index contributed by atoms with van der Waals surface area (Å²) in [6, 6.07) is 23.1. The largest absolute Gasteiger partial charge is 0.338 e. The van der Waals surface area contributed by atoms with Crippen molar-refractivity contribution in [2.24, 2.45) is 0 Å². The van der Waals surface area contributed by atoms with E-state index < -0.39 is 0 Å². The van der Waals surface area contributed by atoms with E-state index in [0.29, 0.717) is 12.9 Å². The van der Waals surface area contributed by atoms with Gasteiger partial charge in [-0.2, -0.15) is 0 Å². The van der Waals surface area contributed by atoms with Crippen LogP contribution in [0.2, 0.25) is 13.1 Å². The Morgan fingerprint density at radius 2 is 1.52 bits per heavy atom. The second kappa shape index (κ2) is 5.03. The van der Waals surface area contributed by atoms with Crippen LogP contribution in [-0.4, -0.2) is 24.2 Å². The van der Waals surface area contributed by atoms with Crippen molar-refractivity contribution in [3.8, 4) is 0 Å². The molecule has 0 saturated carbocycles. The molecule has 1 atom stereocenters. The maximum absolute atomic E-state index is 2.75. The molecule has 2 aromatic carbocycles. The van der Waals surface area contributed by atoms with Gasteiger partial charge in [-0.3, -0.25) is 0 Å². The van der Waals surface area contributed by atoms with Gasteiger partial charge in [-0.25, -0.2) is 0 Å². The minimum absolute atomic E-state index is 0.179. The van der Waals surface area contributed by atoms with Gasteiger partial charge in [-0.15, -0.1) is 0 Å². The Morgan fingerprint density at radius 1 is 0.952 bits per heavy atom. The molecular formula is C19H22BN. The third kappa shape index (κ3) is 1.89. The molecule has 0 aromatic heterocycles. The Morgan fingerprint density at radius 3 is 2.10 bits per heavy atom. The van der Waals surface area contributed by atoms with Crippen molar-refractivity contribution >= 4 is 6.85 Å². The van der Waals surface area contributed by atoms with E-state index in [1.807, 2.05) is 0 Å². The minimum atomic E-state index is 0.179. The van der Waals surface area contributed by atoms with Crippen LogP contribution in [0.4, 0.5) is 0 Å². The molecule has 21 heavy (non-hydrogen) atoms. The van der Waals surface area contributed by atoms with Gasteiger partial charge in [0, 0.05) is 11.5 Å². The summed E-state index contributed by atoms with van der Waals surface area (Å²) in [5.74, 6) is 0. The number of hydrogen-bond acceptors (Lipinski definition) is 1. The molecule has 2 heterocycles. The molecular weight excluding hydrogens is 253 g/mol. The number of nitrogens with zero attached hydrogens (tertiary/aromatic N) is 1. The maximum atomic E-state index is 2.75. The van der Waals surface area contributed by atoms with Crippen LogP contribution in [0, 0.1) is 0 Å². The van der Waals surface area contributed by atoms with Crippen molar-refractivity contribution in [1.82, 2.24) is 4.81 Å². The Kier molecular flexibility index (Phi) is 3.15. The molecule has 106 valence electrons. The second-order valence-electron chi connectivity index (χ2n) is 6.65. The van der Waals surface area contributed by atoms with Crippen LogP contribution >= 0.6 is 0 Å². The molecule has 4 rings (SSSR count). The summed E-state index contributed by atoms with van der Waals surface area (Å²) in [6.45, 7) is 4.36. The van der Waals surface area contributed by atoms with E-state index in [0.717, 1.165) is 0 Å². The summed E-state index contributed by atoms with van der Waals surface area (Å²) in [4.78, 5) is 2.75. The fraction of sp³-hybridized carbons (Fsp3) is 0.368.